The van der Waals surface area contributed by atoms with Gasteiger partial charge in [0.25, 0.3) is 0 Å². The van der Waals surface area contributed by atoms with Gasteiger partial charge in [-0.15, -0.1) is 11.3 Å². The fraction of sp³-hybridized carbons (Fsp3) is 0.438. The molecule has 2 heterocycles. The Morgan fingerprint density at radius 1 is 1.30 bits per heavy atom. The normalized spacial score (nSPS) is 19.6. The van der Waals surface area contributed by atoms with Crippen LogP contribution in [0.1, 0.15) is 45.7 Å². The number of hydrogen-bond donors (Lipinski definition) is 1. The quantitative estimate of drug-likeness (QED) is 0.910. The molecule has 0 radical (unpaired) electrons. The number of aromatic nitrogens is 1. The van der Waals surface area contributed by atoms with E-state index in [0.717, 1.165) is 16.5 Å². The molecule has 1 aromatic carbocycles. The smallest absolute Gasteiger partial charge is 0.0900 e. The van der Waals surface area contributed by atoms with Gasteiger partial charge in [-0.3, -0.25) is 0 Å². The van der Waals surface area contributed by atoms with Gasteiger partial charge in [0.05, 0.1) is 10.7 Å². The zero-order chi connectivity index (χ0) is 14.1. The van der Waals surface area contributed by atoms with Crippen LogP contribution < -0.4 is 5.32 Å². The lowest BCUT2D eigenvalue weighted by atomic mass is 10.0. The van der Waals surface area contributed by atoms with Crippen molar-refractivity contribution in [3.05, 3.63) is 51.0 Å². The molecule has 0 saturated carbocycles. The van der Waals surface area contributed by atoms with E-state index in [1.807, 2.05) is 23.1 Å². The summed E-state index contributed by atoms with van der Waals surface area (Å²) in [5, 5.41) is 4.95. The maximum absolute atomic E-state index is 4.54. The van der Waals surface area contributed by atoms with Gasteiger partial charge in [0.2, 0.25) is 0 Å². The molecular formula is C16H20N2S2. The molecule has 0 fully saturated rings. The van der Waals surface area contributed by atoms with Crippen molar-refractivity contribution < 1.29 is 0 Å². The van der Waals surface area contributed by atoms with Crippen LogP contribution in [0.2, 0.25) is 0 Å². The summed E-state index contributed by atoms with van der Waals surface area (Å²) in [6, 6.07) is 9.62. The van der Waals surface area contributed by atoms with Crippen molar-refractivity contribution in [2.75, 3.05) is 5.75 Å². The van der Waals surface area contributed by atoms with Crippen LogP contribution in [0, 0.1) is 13.8 Å². The van der Waals surface area contributed by atoms with Gasteiger partial charge in [0, 0.05) is 28.5 Å². The molecule has 0 spiro atoms. The molecule has 1 N–H and O–H groups in total. The maximum atomic E-state index is 4.54. The van der Waals surface area contributed by atoms with Gasteiger partial charge in [-0.25, -0.2) is 4.98 Å². The number of nitrogens with one attached hydrogen (secondary N) is 1. The third kappa shape index (κ3) is 2.78. The third-order valence-corrected chi connectivity index (χ3v) is 6.10. The number of aryl methyl sites for hydroxylation is 2. The van der Waals surface area contributed by atoms with E-state index in [-0.39, 0.29) is 0 Å². The molecule has 2 atom stereocenters. The predicted octanol–water partition coefficient (Wildman–Crippen LogP) is 4.40. The van der Waals surface area contributed by atoms with E-state index >= 15 is 0 Å². The summed E-state index contributed by atoms with van der Waals surface area (Å²) < 4.78 is 0. The van der Waals surface area contributed by atoms with E-state index in [1.54, 1.807) is 0 Å². The Morgan fingerprint density at radius 2 is 2.10 bits per heavy atom. The Bertz CT molecular complexity index is 606. The van der Waals surface area contributed by atoms with Crippen molar-refractivity contribution in [1.29, 1.82) is 0 Å². The molecule has 0 saturated heterocycles. The van der Waals surface area contributed by atoms with Crippen molar-refractivity contribution in [3.8, 4) is 0 Å². The Labute approximate surface area is 129 Å². The average Bonchev–Trinajstić information content (AvgIpc) is 2.78. The standard InChI is InChI=1S/C16H20N2S2/c1-10-16(20-12(3)17-10)11(2)18-15-9-19-8-13-6-4-5-7-14(13)15/h4-7,11,15,18H,8-9H2,1-3H3. The molecule has 2 unspecified atom stereocenters. The van der Waals surface area contributed by atoms with Crippen LogP contribution in [-0.4, -0.2) is 10.7 Å². The number of thioether (sulfide) groups is 1. The first-order valence-corrected chi connectivity index (χ1v) is 8.98. The molecule has 3 rings (SSSR count). The van der Waals surface area contributed by atoms with Gasteiger partial charge in [-0.1, -0.05) is 24.3 Å². The molecule has 1 aliphatic heterocycles. The fourth-order valence-corrected chi connectivity index (χ4v) is 4.90. The monoisotopic (exact) mass is 304 g/mol. The molecule has 1 aromatic heterocycles. The van der Waals surface area contributed by atoms with Gasteiger partial charge >= 0.3 is 0 Å². The summed E-state index contributed by atoms with van der Waals surface area (Å²) in [6.07, 6.45) is 0. The highest BCUT2D eigenvalue weighted by Crippen LogP contribution is 2.34. The summed E-state index contributed by atoms with van der Waals surface area (Å²) in [5.74, 6) is 2.29. The summed E-state index contributed by atoms with van der Waals surface area (Å²) in [4.78, 5) is 5.91. The highest BCUT2D eigenvalue weighted by Gasteiger charge is 2.23. The van der Waals surface area contributed by atoms with Crippen molar-refractivity contribution in [2.45, 2.75) is 38.6 Å². The van der Waals surface area contributed by atoms with Crippen molar-refractivity contribution >= 4 is 23.1 Å². The third-order valence-electron chi connectivity index (χ3n) is 3.76. The van der Waals surface area contributed by atoms with E-state index in [1.165, 1.54) is 21.7 Å². The van der Waals surface area contributed by atoms with Crippen molar-refractivity contribution in [3.63, 3.8) is 0 Å². The Morgan fingerprint density at radius 3 is 2.85 bits per heavy atom. The minimum atomic E-state index is 0.359. The molecule has 2 nitrogen and oxygen atoms in total. The van der Waals surface area contributed by atoms with Crippen LogP contribution in [0.3, 0.4) is 0 Å². The first-order valence-electron chi connectivity index (χ1n) is 7.00. The van der Waals surface area contributed by atoms with Gasteiger partial charge in [0.15, 0.2) is 0 Å². The van der Waals surface area contributed by atoms with Gasteiger partial charge in [-0.05, 0) is 31.9 Å². The zero-order valence-corrected chi connectivity index (χ0v) is 13.8. The molecule has 2 aromatic rings. The van der Waals surface area contributed by atoms with Gasteiger partial charge in [-0.2, -0.15) is 11.8 Å². The SMILES string of the molecule is Cc1nc(C)c(C(C)NC2CSCc3ccccc32)s1. The largest absolute Gasteiger partial charge is 0.302 e. The summed E-state index contributed by atoms with van der Waals surface area (Å²) in [7, 11) is 0. The number of nitrogens with zero attached hydrogens (tertiary/aromatic N) is 1. The molecule has 20 heavy (non-hydrogen) atoms. The minimum Gasteiger partial charge on any atom is -0.302 e. The topological polar surface area (TPSA) is 24.9 Å². The lowest BCUT2D eigenvalue weighted by Gasteiger charge is -2.28. The number of rotatable bonds is 3. The molecule has 4 heteroatoms. The number of fused-ring (bicyclic) bond motifs is 1. The number of benzene rings is 1. The van der Waals surface area contributed by atoms with Crippen LogP contribution in [0.15, 0.2) is 24.3 Å². The summed E-state index contributed by atoms with van der Waals surface area (Å²) in [5.41, 5.74) is 4.12. The molecule has 0 bridgehead atoms. The van der Waals surface area contributed by atoms with Gasteiger partial charge < -0.3 is 5.32 Å². The fourth-order valence-electron chi connectivity index (χ4n) is 2.85. The maximum Gasteiger partial charge on any atom is 0.0900 e. The zero-order valence-electron chi connectivity index (χ0n) is 12.1. The molecular weight excluding hydrogens is 284 g/mol. The minimum absolute atomic E-state index is 0.359. The number of thiazole rings is 1. The van der Waals surface area contributed by atoms with Crippen LogP contribution in [0.25, 0.3) is 0 Å². The van der Waals surface area contributed by atoms with Crippen molar-refractivity contribution in [2.24, 2.45) is 0 Å². The van der Waals surface area contributed by atoms with E-state index in [2.05, 4.69) is 55.3 Å². The number of hydrogen-bond acceptors (Lipinski definition) is 4. The molecule has 0 aliphatic carbocycles. The summed E-state index contributed by atoms with van der Waals surface area (Å²) >= 11 is 3.83. The Hall–Kier alpha value is -0.840. The van der Waals surface area contributed by atoms with Crippen LogP contribution >= 0.6 is 23.1 Å². The summed E-state index contributed by atoms with van der Waals surface area (Å²) in [6.45, 7) is 6.45. The predicted molar refractivity (Wildman–Crippen MR) is 88.5 cm³/mol. The lowest BCUT2D eigenvalue weighted by Crippen LogP contribution is -2.29. The van der Waals surface area contributed by atoms with Crippen LogP contribution in [0.4, 0.5) is 0 Å². The van der Waals surface area contributed by atoms with E-state index < -0.39 is 0 Å². The first kappa shape index (κ1) is 14.1. The first-order chi connectivity index (χ1) is 9.65. The second-order valence-corrected chi connectivity index (χ2v) is 7.60. The molecule has 0 amide bonds. The Kier molecular flexibility index (Phi) is 4.15. The van der Waals surface area contributed by atoms with E-state index in [9.17, 15) is 0 Å². The van der Waals surface area contributed by atoms with E-state index in [4.69, 9.17) is 0 Å². The second kappa shape index (κ2) is 5.88. The highest BCUT2D eigenvalue weighted by molar-refractivity contribution is 7.98. The Balaban J connectivity index is 1.80. The second-order valence-electron chi connectivity index (χ2n) is 5.34. The van der Waals surface area contributed by atoms with Gasteiger partial charge in [0.1, 0.15) is 0 Å². The molecule has 106 valence electrons. The highest BCUT2D eigenvalue weighted by atomic mass is 32.2. The molecule has 1 aliphatic rings. The van der Waals surface area contributed by atoms with Crippen LogP contribution in [0.5, 0.6) is 0 Å². The lowest BCUT2D eigenvalue weighted by molar-refractivity contribution is 0.499. The van der Waals surface area contributed by atoms with E-state index in [0.29, 0.717) is 12.1 Å². The average molecular weight is 304 g/mol. The van der Waals surface area contributed by atoms with Crippen molar-refractivity contribution in [1.82, 2.24) is 10.3 Å². The van der Waals surface area contributed by atoms with Crippen LogP contribution in [-0.2, 0) is 5.75 Å².